The molecule has 5 nitrogen and oxygen atoms in total. The van der Waals surface area contributed by atoms with Crippen LogP contribution in [0.1, 0.15) is 28.4 Å². The fourth-order valence-electron chi connectivity index (χ4n) is 4.20. The molecule has 0 saturated carbocycles. The molecule has 0 unspecified atom stereocenters. The second-order valence-electron chi connectivity index (χ2n) is 7.04. The topological polar surface area (TPSA) is 51.5 Å². The highest BCUT2D eigenvalue weighted by atomic mass is 16.5. The minimum Gasteiger partial charge on any atom is -0.497 e. The molecule has 0 radical (unpaired) electrons. The van der Waals surface area contributed by atoms with Crippen molar-refractivity contribution in [3.05, 3.63) is 64.1 Å². The molecule has 2 aliphatic heterocycles. The van der Waals surface area contributed by atoms with Gasteiger partial charge in [-0.2, -0.15) is 0 Å². The summed E-state index contributed by atoms with van der Waals surface area (Å²) in [5.41, 5.74) is 1.92. The van der Waals surface area contributed by atoms with Crippen molar-refractivity contribution in [1.82, 2.24) is 9.47 Å². The SMILES string of the molecule is COc1ccc(C(=O)CN2C[C@H]3C[C@@H](C2)c2cccc(=O)n2C3)cc1. The summed E-state index contributed by atoms with van der Waals surface area (Å²) in [7, 11) is 1.62. The van der Waals surface area contributed by atoms with Crippen LogP contribution < -0.4 is 10.3 Å². The Hall–Kier alpha value is -2.40. The van der Waals surface area contributed by atoms with E-state index in [0.717, 1.165) is 37.5 Å². The fraction of sp³-hybridized carbons (Fsp3) is 0.400. The average Bonchev–Trinajstić information content (AvgIpc) is 2.62. The van der Waals surface area contributed by atoms with Gasteiger partial charge in [-0.15, -0.1) is 0 Å². The van der Waals surface area contributed by atoms with Gasteiger partial charge in [-0.1, -0.05) is 6.07 Å². The van der Waals surface area contributed by atoms with Gasteiger partial charge >= 0.3 is 0 Å². The van der Waals surface area contributed by atoms with Crippen LogP contribution in [0.5, 0.6) is 5.75 Å². The normalized spacial score (nSPS) is 22.3. The molecule has 0 aliphatic carbocycles. The van der Waals surface area contributed by atoms with E-state index in [1.54, 1.807) is 13.2 Å². The Morgan fingerprint density at radius 1 is 1.12 bits per heavy atom. The lowest BCUT2D eigenvalue weighted by Gasteiger charge is -2.42. The number of aromatic nitrogens is 1. The van der Waals surface area contributed by atoms with Crippen molar-refractivity contribution < 1.29 is 9.53 Å². The highest BCUT2D eigenvalue weighted by Gasteiger charge is 2.34. The van der Waals surface area contributed by atoms with Crippen LogP contribution in [0.15, 0.2) is 47.3 Å². The van der Waals surface area contributed by atoms with Crippen LogP contribution in [0.25, 0.3) is 0 Å². The Balaban J connectivity index is 1.48. The summed E-state index contributed by atoms with van der Waals surface area (Å²) in [5.74, 6) is 1.67. The number of pyridine rings is 1. The van der Waals surface area contributed by atoms with Crippen molar-refractivity contribution in [2.75, 3.05) is 26.7 Å². The number of ketones is 1. The monoisotopic (exact) mass is 338 g/mol. The molecule has 5 heteroatoms. The van der Waals surface area contributed by atoms with E-state index >= 15 is 0 Å². The van der Waals surface area contributed by atoms with E-state index in [0.29, 0.717) is 23.9 Å². The number of ether oxygens (including phenoxy) is 1. The van der Waals surface area contributed by atoms with E-state index in [9.17, 15) is 9.59 Å². The van der Waals surface area contributed by atoms with Crippen LogP contribution in [0.3, 0.4) is 0 Å². The number of hydrogen-bond acceptors (Lipinski definition) is 4. The van der Waals surface area contributed by atoms with Gasteiger partial charge in [0.15, 0.2) is 5.78 Å². The lowest BCUT2D eigenvalue weighted by atomic mass is 9.83. The third kappa shape index (κ3) is 3.12. The van der Waals surface area contributed by atoms with Gasteiger partial charge in [0.2, 0.25) is 0 Å². The molecule has 0 spiro atoms. The van der Waals surface area contributed by atoms with E-state index in [4.69, 9.17) is 4.74 Å². The summed E-state index contributed by atoms with van der Waals surface area (Å²) in [6.45, 7) is 2.90. The third-order valence-electron chi connectivity index (χ3n) is 5.33. The number of methoxy groups -OCH3 is 1. The number of Topliss-reactive ketones (excluding diaryl/α,β-unsaturated/α-hetero) is 1. The van der Waals surface area contributed by atoms with Crippen molar-refractivity contribution >= 4 is 5.78 Å². The Kier molecular flexibility index (Phi) is 4.17. The second kappa shape index (κ2) is 6.48. The first-order valence-electron chi connectivity index (χ1n) is 8.73. The number of likely N-dealkylation sites (tertiary alicyclic amines) is 1. The molecule has 1 aromatic carbocycles. The first-order chi connectivity index (χ1) is 12.1. The van der Waals surface area contributed by atoms with E-state index in [1.165, 1.54) is 0 Å². The van der Waals surface area contributed by atoms with Crippen LogP contribution in [0.2, 0.25) is 0 Å². The van der Waals surface area contributed by atoms with Crippen LogP contribution in [0, 0.1) is 5.92 Å². The Morgan fingerprint density at radius 3 is 2.68 bits per heavy atom. The number of piperidine rings is 1. The number of carbonyl (C=O) groups excluding carboxylic acids is 1. The zero-order valence-electron chi connectivity index (χ0n) is 14.4. The standard InChI is InChI=1S/C20H22N2O3/c1-25-17-7-5-15(6-8-17)19(23)13-21-10-14-9-16(12-21)18-3-2-4-20(24)22(18)11-14/h2-8,14,16H,9-13H2,1H3/t14-,16+/m1/s1. The molecule has 2 bridgehead atoms. The quantitative estimate of drug-likeness (QED) is 0.802. The van der Waals surface area contributed by atoms with Crippen molar-refractivity contribution in [1.29, 1.82) is 0 Å². The minimum absolute atomic E-state index is 0.0926. The van der Waals surface area contributed by atoms with E-state index < -0.39 is 0 Å². The van der Waals surface area contributed by atoms with Crippen molar-refractivity contribution in [3.8, 4) is 5.75 Å². The number of benzene rings is 1. The van der Waals surface area contributed by atoms with Gasteiger partial charge in [0, 0.05) is 42.9 Å². The Bertz CT molecular complexity index is 841. The highest BCUT2D eigenvalue weighted by Crippen LogP contribution is 2.34. The number of nitrogens with zero attached hydrogens (tertiary/aromatic N) is 2. The zero-order chi connectivity index (χ0) is 17.4. The maximum absolute atomic E-state index is 12.6. The summed E-state index contributed by atoms with van der Waals surface area (Å²) in [6, 6.07) is 12.8. The number of rotatable bonds is 4. The van der Waals surface area contributed by atoms with E-state index in [2.05, 4.69) is 11.0 Å². The van der Waals surface area contributed by atoms with Gasteiger partial charge in [0.05, 0.1) is 13.7 Å². The molecule has 4 rings (SSSR count). The molecule has 3 heterocycles. The molecule has 2 aromatic rings. The number of carbonyl (C=O) groups is 1. The molecule has 0 N–H and O–H groups in total. The summed E-state index contributed by atoms with van der Waals surface area (Å²) < 4.78 is 7.06. The van der Waals surface area contributed by atoms with Gasteiger partial charge in [-0.25, -0.2) is 0 Å². The smallest absolute Gasteiger partial charge is 0.250 e. The Morgan fingerprint density at radius 2 is 1.92 bits per heavy atom. The van der Waals surface area contributed by atoms with E-state index in [-0.39, 0.29) is 11.3 Å². The zero-order valence-corrected chi connectivity index (χ0v) is 14.4. The molecule has 2 atom stereocenters. The van der Waals surface area contributed by atoms with Gasteiger partial charge in [-0.05, 0) is 42.7 Å². The maximum atomic E-state index is 12.6. The summed E-state index contributed by atoms with van der Waals surface area (Å²) in [4.78, 5) is 26.9. The van der Waals surface area contributed by atoms with Crippen LogP contribution in [0.4, 0.5) is 0 Å². The third-order valence-corrected chi connectivity index (χ3v) is 5.33. The van der Waals surface area contributed by atoms with Gasteiger partial charge in [0.25, 0.3) is 5.56 Å². The molecule has 1 aromatic heterocycles. The minimum atomic E-state index is 0.0926. The van der Waals surface area contributed by atoms with E-state index in [1.807, 2.05) is 34.9 Å². The summed E-state index contributed by atoms with van der Waals surface area (Å²) in [5, 5.41) is 0. The molecular weight excluding hydrogens is 316 g/mol. The number of fused-ring (bicyclic) bond motifs is 4. The maximum Gasteiger partial charge on any atom is 0.250 e. The molecule has 2 aliphatic rings. The molecule has 1 saturated heterocycles. The molecular formula is C20H22N2O3. The predicted molar refractivity (Wildman–Crippen MR) is 95.3 cm³/mol. The summed E-state index contributed by atoms with van der Waals surface area (Å²) >= 11 is 0. The Labute approximate surface area is 146 Å². The van der Waals surface area contributed by atoms with Crippen molar-refractivity contribution in [3.63, 3.8) is 0 Å². The highest BCUT2D eigenvalue weighted by molar-refractivity contribution is 5.97. The van der Waals surface area contributed by atoms with Gasteiger partial charge < -0.3 is 9.30 Å². The second-order valence-corrected chi connectivity index (χ2v) is 7.04. The summed E-state index contributed by atoms with van der Waals surface area (Å²) in [6.07, 6.45) is 1.11. The molecule has 130 valence electrons. The largest absolute Gasteiger partial charge is 0.497 e. The number of hydrogen-bond donors (Lipinski definition) is 0. The molecule has 1 fully saturated rings. The molecule has 25 heavy (non-hydrogen) atoms. The van der Waals surface area contributed by atoms with Crippen molar-refractivity contribution in [2.24, 2.45) is 5.92 Å². The average molecular weight is 338 g/mol. The predicted octanol–water partition coefficient (Wildman–Crippen LogP) is 2.16. The first kappa shape index (κ1) is 16.1. The van der Waals surface area contributed by atoms with Crippen LogP contribution >= 0.6 is 0 Å². The van der Waals surface area contributed by atoms with Crippen LogP contribution in [-0.4, -0.2) is 42.0 Å². The lowest BCUT2D eigenvalue weighted by Crippen LogP contribution is -2.48. The first-order valence-corrected chi connectivity index (χ1v) is 8.73. The lowest BCUT2D eigenvalue weighted by molar-refractivity contribution is 0.0817. The van der Waals surface area contributed by atoms with Crippen molar-refractivity contribution in [2.45, 2.75) is 18.9 Å². The fourth-order valence-corrected chi connectivity index (χ4v) is 4.20. The van der Waals surface area contributed by atoms with Crippen LogP contribution in [-0.2, 0) is 6.54 Å². The molecule has 0 amide bonds. The van der Waals surface area contributed by atoms with Gasteiger partial charge in [-0.3, -0.25) is 14.5 Å². The van der Waals surface area contributed by atoms with Gasteiger partial charge in [0.1, 0.15) is 5.75 Å².